The summed E-state index contributed by atoms with van der Waals surface area (Å²) in [5.41, 5.74) is 0. The second kappa shape index (κ2) is 2.98. The molecular formula is C6H11NO3. The summed E-state index contributed by atoms with van der Waals surface area (Å²) in [5.74, 6) is -0.107. The van der Waals surface area contributed by atoms with E-state index in [1.165, 1.54) is 0 Å². The van der Waals surface area contributed by atoms with Crippen molar-refractivity contribution in [2.24, 2.45) is 0 Å². The Balaban J connectivity index is 2.40. The number of amides is 1. The number of ether oxygens (including phenoxy) is 1. The van der Waals surface area contributed by atoms with Crippen LogP contribution in [0.15, 0.2) is 0 Å². The van der Waals surface area contributed by atoms with Gasteiger partial charge in [-0.25, -0.2) is 0 Å². The fraction of sp³-hybridized carbons (Fsp3) is 0.833. The summed E-state index contributed by atoms with van der Waals surface area (Å²) in [6, 6.07) is 0. The molecule has 0 radical (unpaired) electrons. The van der Waals surface area contributed by atoms with Gasteiger partial charge in [-0.15, -0.1) is 0 Å². The van der Waals surface area contributed by atoms with Crippen molar-refractivity contribution >= 4 is 5.91 Å². The van der Waals surface area contributed by atoms with E-state index in [2.05, 4.69) is 5.32 Å². The average molecular weight is 145 g/mol. The molecule has 1 fully saturated rings. The van der Waals surface area contributed by atoms with Crippen LogP contribution in [0, 0.1) is 0 Å². The number of aliphatic hydroxyl groups is 1. The largest absolute Gasteiger partial charge is 0.394 e. The highest BCUT2D eigenvalue weighted by molar-refractivity contribution is 5.80. The van der Waals surface area contributed by atoms with E-state index in [9.17, 15) is 4.79 Å². The van der Waals surface area contributed by atoms with Gasteiger partial charge in [0.15, 0.2) is 0 Å². The first-order valence-corrected chi connectivity index (χ1v) is 3.28. The molecule has 2 unspecified atom stereocenters. The van der Waals surface area contributed by atoms with Crippen molar-refractivity contribution in [1.82, 2.24) is 5.32 Å². The molecule has 1 rings (SSSR count). The molecular weight excluding hydrogens is 134 g/mol. The first-order valence-electron chi connectivity index (χ1n) is 3.28. The third-order valence-electron chi connectivity index (χ3n) is 1.47. The predicted molar refractivity (Wildman–Crippen MR) is 34.4 cm³/mol. The maximum Gasteiger partial charge on any atom is 0.248 e. The Morgan fingerprint density at radius 2 is 2.60 bits per heavy atom. The third kappa shape index (κ3) is 1.46. The van der Waals surface area contributed by atoms with Crippen molar-refractivity contribution in [2.45, 2.75) is 19.1 Å². The summed E-state index contributed by atoms with van der Waals surface area (Å²) < 4.78 is 5.09. The maximum absolute atomic E-state index is 10.7. The van der Waals surface area contributed by atoms with E-state index >= 15 is 0 Å². The zero-order valence-electron chi connectivity index (χ0n) is 5.83. The fourth-order valence-electron chi connectivity index (χ4n) is 0.864. The fourth-order valence-corrected chi connectivity index (χ4v) is 0.864. The summed E-state index contributed by atoms with van der Waals surface area (Å²) in [6.07, 6.45) is -0.654. The lowest BCUT2D eigenvalue weighted by Gasteiger charge is -2.26. The van der Waals surface area contributed by atoms with Crippen LogP contribution in [-0.4, -0.2) is 36.4 Å². The molecule has 0 spiro atoms. The van der Waals surface area contributed by atoms with E-state index in [1.807, 2.05) is 0 Å². The van der Waals surface area contributed by atoms with Crippen molar-refractivity contribution in [3.63, 3.8) is 0 Å². The normalized spacial score (nSPS) is 33.6. The number of nitrogens with one attached hydrogen (secondary N) is 1. The minimum atomic E-state index is -0.425. The van der Waals surface area contributed by atoms with Crippen molar-refractivity contribution in [3.05, 3.63) is 0 Å². The highest BCUT2D eigenvalue weighted by Crippen LogP contribution is 2.02. The highest BCUT2D eigenvalue weighted by Gasteiger charge is 2.24. The van der Waals surface area contributed by atoms with Gasteiger partial charge in [0, 0.05) is 6.54 Å². The Kier molecular flexibility index (Phi) is 2.24. The minimum Gasteiger partial charge on any atom is -0.394 e. The molecule has 10 heavy (non-hydrogen) atoms. The van der Waals surface area contributed by atoms with Crippen LogP contribution in [0.3, 0.4) is 0 Å². The Hall–Kier alpha value is -0.610. The Morgan fingerprint density at radius 1 is 1.90 bits per heavy atom. The monoisotopic (exact) mass is 145 g/mol. The summed E-state index contributed by atoms with van der Waals surface area (Å²) in [7, 11) is 0. The Bertz CT molecular complexity index is 137. The predicted octanol–water partition coefficient (Wildman–Crippen LogP) is -1.12. The van der Waals surface area contributed by atoms with Gasteiger partial charge in [-0.3, -0.25) is 4.79 Å². The van der Waals surface area contributed by atoms with Gasteiger partial charge in [0.1, 0.15) is 6.10 Å². The third-order valence-corrected chi connectivity index (χ3v) is 1.47. The number of morpholine rings is 1. The molecule has 58 valence electrons. The summed E-state index contributed by atoms with van der Waals surface area (Å²) in [6.45, 7) is 2.04. The molecule has 1 aliphatic rings. The zero-order chi connectivity index (χ0) is 7.56. The van der Waals surface area contributed by atoms with E-state index in [0.717, 1.165) is 0 Å². The van der Waals surface area contributed by atoms with Crippen LogP contribution < -0.4 is 5.32 Å². The van der Waals surface area contributed by atoms with Gasteiger partial charge in [0.05, 0.1) is 12.7 Å². The molecule has 0 aromatic heterocycles. The van der Waals surface area contributed by atoms with Gasteiger partial charge in [-0.1, -0.05) is 0 Å². The molecule has 0 aromatic rings. The van der Waals surface area contributed by atoms with Crippen LogP contribution in [0.5, 0.6) is 0 Å². The molecule has 2 atom stereocenters. The second-order valence-corrected chi connectivity index (χ2v) is 2.33. The number of hydrogen-bond acceptors (Lipinski definition) is 3. The van der Waals surface area contributed by atoms with Crippen molar-refractivity contribution in [1.29, 1.82) is 0 Å². The van der Waals surface area contributed by atoms with Crippen LogP contribution in [0.2, 0.25) is 0 Å². The van der Waals surface area contributed by atoms with Crippen LogP contribution in [0.1, 0.15) is 6.92 Å². The first kappa shape index (κ1) is 7.50. The van der Waals surface area contributed by atoms with E-state index in [1.54, 1.807) is 6.92 Å². The van der Waals surface area contributed by atoms with Crippen LogP contribution in [0.4, 0.5) is 0 Å². The van der Waals surface area contributed by atoms with Gasteiger partial charge in [0.25, 0.3) is 0 Å². The summed E-state index contributed by atoms with van der Waals surface area (Å²) >= 11 is 0. The molecule has 0 aliphatic carbocycles. The van der Waals surface area contributed by atoms with Gasteiger partial charge >= 0.3 is 0 Å². The lowest BCUT2D eigenvalue weighted by atomic mass is 10.2. The molecule has 4 nitrogen and oxygen atoms in total. The highest BCUT2D eigenvalue weighted by atomic mass is 16.5. The SMILES string of the molecule is CC1OC(CO)CNC1=O. The molecule has 1 heterocycles. The molecule has 1 saturated heterocycles. The van der Waals surface area contributed by atoms with E-state index in [0.29, 0.717) is 6.54 Å². The molecule has 0 saturated carbocycles. The van der Waals surface area contributed by atoms with Gasteiger partial charge in [-0.2, -0.15) is 0 Å². The van der Waals surface area contributed by atoms with Gasteiger partial charge in [0.2, 0.25) is 5.91 Å². The van der Waals surface area contributed by atoms with E-state index < -0.39 is 6.10 Å². The molecule has 1 aliphatic heterocycles. The topological polar surface area (TPSA) is 58.6 Å². The molecule has 4 heteroatoms. The Labute approximate surface area is 59.2 Å². The molecule has 2 N–H and O–H groups in total. The molecule has 0 aromatic carbocycles. The molecule has 1 amide bonds. The number of rotatable bonds is 1. The second-order valence-electron chi connectivity index (χ2n) is 2.33. The van der Waals surface area contributed by atoms with Crippen molar-refractivity contribution < 1.29 is 14.6 Å². The first-order chi connectivity index (χ1) is 4.74. The van der Waals surface area contributed by atoms with Crippen LogP contribution in [-0.2, 0) is 9.53 Å². The quantitative estimate of drug-likeness (QED) is 0.491. The van der Waals surface area contributed by atoms with Crippen molar-refractivity contribution in [3.8, 4) is 0 Å². The minimum absolute atomic E-state index is 0.0371. The van der Waals surface area contributed by atoms with Crippen molar-refractivity contribution in [2.75, 3.05) is 13.2 Å². The summed E-state index contributed by atoms with van der Waals surface area (Å²) in [5, 5.41) is 11.2. The smallest absolute Gasteiger partial charge is 0.248 e. The van der Waals surface area contributed by atoms with Crippen LogP contribution >= 0.6 is 0 Å². The van der Waals surface area contributed by atoms with E-state index in [4.69, 9.17) is 9.84 Å². The number of hydrogen-bond donors (Lipinski definition) is 2. The van der Waals surface area contributed by atoms with Gasteiger partial charge < -0.3 is 15.2 Å². The van der Waals surface area contributed by atoms with Crippen LogP contribution in [0.25, 0.3) is 0 Å². The average Bonchev–Trinajstić information content (AvgIpc) is 1.95. The molecule has 0 bridgehead atoms. The Morgan fingerprint density at radius 3 is 3.10 bits per heavy atom. The van der Waals surface area contributed by atoms with E-state index in [-0.39, 0.29) is 18.6 Å². The standard InChI is InChI=1S/C6H11NO3/c1-4-6(9)7-2-5(3-8)10-4/h4-5,8H,2-3H2,1H3,(H,7,9). The summed E-state index contributed by atoms with van der Waals surface area (Å²) in [4.78, 5) is 10.7. The maximum atomic E-state index is 10.7. The lowest BCUT2D eigenvalue weighted by Crippen LogP contribution is -2.49. The number of carbonyl (C=O) groups is 1. The zero-order valence-corrected chi connectivity index (χ0v) is 5.83. The number of carbonyl (C=O) groups excluding carboxylic acids is 1. The number of aliphatic hydroxyl groups excluding tert-OH is 1. The lowest BCUT2D eigenvalue weighted by molar-refractivity contribution is -0.144. The van der Waals surface area contributed by atoms with Gasteiger partial charge in [-0.05, 0) is 6.92 Å².